The molecule has 0 amide bonds. The maximum atomic E-state index is 13.6. The second-order valence-corrected chi connectivity index (χ2v) is 6.27. The van der Waals surface area contributed by atoms with Crippen molar-refractivity contribution >= 4 is 0 Å². The van der Waals surface area contributed by atoms with Crippen LogP contribution in [0.2, 0.25) is 0 Å². The van der Waals surface area contributed by atoms with Crippen LogP contribution in [0.15, 0.2) is 18.2 Å². The topological polar surface area (TPSA) is 12.0 Å². The minimum Gasteiger partial charge on any atom is -0.316 e. The van der Waals surface area contributed by atoms with Gasteiger partial charge in [0.25, 0.3) is 0 Å². The van der Waals surface area contributed by atoms with Crippen LogP contribution in [-0.2, 0) is 0 Å². The summed E-state index contributed by atoms with van der Waals surface area (Å²) in [7, 11) is 0. The molecule has 0 bridgehead atoms. The molecule has 0 saturated heterocycles. The molecule has 0 radical (unpaired) electrons. The van der Waals surface area contributed by atoms with Gasteiger partial charge in [-0.15, -0.1) is 0 Å². The number of hydrogen-bond donors (Lipinski definition) is 1. The molecule has 21 heavy (non-hydrogen) atoms. The highest BCUT2D eigenvalue weighted by Gasteiger charge is 2.24. The van der Waals surface area contributed by atoms with Crippen LogP contribution in [0.5, 0.6) is 0 Å². The Labute approximate surface area is 127 Å². The van der Waals surface area contributed by atoms with Crippen LogP contribution in [0.3, 0.4) is 0 Å². The molecular formula is C18H27F2N. The van der Waals surface area contributed by atoms with Gasteiger partial charge < -0.3 is 5.32 Å². The van der Waals surface area contributed by atoms with Gasteiger partial charge in [-0.3, -0.25) is 0 Å². The molecule has 1 fully saturated rings. The summed E-state index contributed by atoms with van der Waals surface area (Å²) >= 11 is 0. The Bertz CT molecular complexity index is 405. The average molecular weight is 295 g/mol. The summed E-state index contributed by atoms with van der Waals surface area (Å²) in [6.45, 7) is 3.91. The van der Waals surface area contributed by atoms with Crippen molar-refractivity contribution in [2.75, 3.05) is 13.1 Å². The van der Waals surface area contributed by atoms with E-state index in [-0.39, 0.29) is 5.92 Å². The van der Waals surface area contributed by atoms with Gasteiger partial charge in [0, 0.05) is 12.6 Å². The second kappa shape index (κ2) is 8.47. The van der Waals surface area contributed by atoms with Gasteiger partial charge in [0.1, 0.15) is 11.6 Å². The van der Waals surface area contributed by atoms with Crippen LogP contribution < -0.4 is 5.32 Å². The van der Waals surface area contributed by atoms with Gasteiger partial charge in [-0.25, -0.2) is 8.78 Å². The van der Waals surface area contributed by atoms with Crippen molar-refractivity contribution in [2.45, 2.75) is 57.8 Å². The molecule has 1 saturated carbocycles. The fraction of sp³-hybridized carbons (Fsp3) is 0.667. The molecule has 1 aromatic rings. The summed E-state index contributed by atoms with van der Waals surface area (Å²) < 4.78 is 27.1. The number of rotatable bonds is 6. The SMILES string of the molecule is CCCNCC(c1cc(F)cc(F)c1)C1CCCCCC1. The highest BCUT2D eigenvalue weighted by molar-refractivity contribution is 5.23. The van der Waals surface area contributed by atoms with Crippen molar-refractivity contribution in [3.8, 4) is 0 Å². The molecule has 0 spiro atoms. The first-order valence-corrected chi connectivity index (χ1v) is 8.37. The van der Waals surface area contributed by atoms with Crippen molar-refractivity contribution in [3.05, 3.63) is 35.4 Å². The van der Waals surface area contributed by atoms with E-state index < -0.39 is 11.6 Å². The first kappa shape index (κ1) is 16.4. The van der Waals surface area contributed by atoms with Gasteiger partial charge >= 0.3 is 0 Å². The van der Waals surface area contributed by atoms with Crippen molar-refractivity contribution in [1.29, 1.82) is 0 Å². The quantitative estimate of drug-likeness (QED) is 0.574. The van der Waals surface area contributed by atoms with Crippen LogP contribution in [0.1, 0.15) is 63.4 Å². The van der Waals surface area contributed by atoms with Crippen LogP contribution in [0, 0.1) is 17.6 Å². The van der Waals surface area contributed by atoms with Crippen molar-refractivity contribution in [1.82, 2.24) is 5.32 Å². The lowest BCUT2D eigenvalue weighted by molar-refractivity contribution is 0.359. The van der Waals surface area contributed by atoms with Gasteiger partial charge in [0.05, 0.1) is 0 Å². The molecule has 1 aromatic carbocycles. The fourth-order valence-electron chi connectivity index (χ4n) is 3.49. The summed E-state index contributed by atoms with van der Waals surface area (Å²) in [5, 5.41) is 3.45. The predicted octanol–water partition coefficient (Wildman–Crippen LogP) is 5.02. The molecule has 2 rings (SSSR count). The predicted molar refractivity (Wildman–Crippen MR) is 83.5 cm³/mol. The van der Waals surface area contributed by atoms with E-state index in [1.165, 1.54) is 50.7 Å². The molecule has 118 valence electrons. The van der Waals surface area contributed by atoms with E-state index in [1.807, 2.05) is 0 Å². The van der Waals surface area contributed by atoms with Gasteiger partial charge in [0.15, 0.2) is 0 Å². The number of halogens is 2. The third kappa shape index (κ3) is 5.06. The summed E-state index contributed by atoms with van der Waals surface area (Å²) in [6.07, 6.45) is 8.51. The molecule has 0 aliphatic heterocycles. The lowest BCUT2D eigenvalue weighted by atomic mass is 9.81. The maximum Gasteiger partial charge on any atom is 0.126 e. The normalized spacial score (nSPS) is 18.4. The standard InChI is InChI=1S/C18H27F2N/c1-2-9-21-13-18(14-7-5-3-4-6-8-14)15-10-16(19)12-17(20)11-15/h10-12,14,18,21H,2-9,13H2,1H3. The van der Waals surface area contributed by atoms with E-state index in [4.69, 9.17) is 0 Å². The van der Waals surface area contributed by atoms with Crippen molar-refractivity contribution in [3.63, 3.8) is 0 Å². The van der Waals surface area contributed by atoms with Crippen molar-refractivity contribution < 1.29 is 8.78 Å². The first-order chi connectivity index (χ1) is 10.2. The Balaban J connectivity index is 2.16. The Hall–Kier alpha value is -0.960. The zero-order valence-corrected chi connectivity index (χ0v) is 13.0. The lowest BCUT2D eigenvalue weighted by Crippen LogP contribution is -2.27. The van der Waals surface area contributed by atoms with Crippen LogP contribution in [0.4, 0.5) is 8.78 Å². The highest BCUT2D eigenvalue weighted by Crippen LogP contribution is 2.35. The number of nitrogens with one attached hydrogen (secondary N) is 1. The average Bonchev–Trinajstić information content (AvgIpc) is 2.71. The molecular weight excluding hydrogens is 268 g/mol. The van der Waals surface area contributed by atoms with E-state index in [9.17, 15) is 8.78 Å². The Morgan fingerprint density at radius 2 is 1.67 bits per heavy atom. The molecule has 1 unspecified atom stereocenters. The third-order valence-corrected chi connectivity index (χ3v) is 4.57. The highest BCUT2D eigenvalue weighted by atomic mass is 19.1. The van der Waals surface area contributed by atoms with Gasteiger partial charge in [-0.2, -0.15) is 0 Å². The summed E-state index contributed by atoms with van der Waals surface area (Å²) in [4.78, 5) is 0. The third-order valence-electron chi connectivity index (χ3n) is 4.57. The summed E-state index contributed by atoms with van der Waals surface area (Å²) in [5.74, 6) is -0.156. The summed E-state index contributed by atoms with van der Waals surface area (Å²) in [5.41, 5.74) is 0.822. The van der Waals surface area contributed by atoms with E-state index >= 15 is 0 Å². The monoisotopic (exact) mass is 295 g/mol. The van der Waals surface area contributed by atoms with Crippen LogP contribution in [0.25, 0.3) is 0 Å². The zero-order valence-electron chi connectivity index (χ0n) is 13.0. The molecule has 1 nitrogen and oxygen atoms in total. The molecule has 1 aliphatic rings. The minimum atomic E-state index is -0.459. The Morgan fingerprint density at radius 1 is 1.05 bits per heavy atom. The number of hydrogen-bond acceptors (Lipinski definition) is 1. The van der Waals surface area contributed by atoms with E-state index in [0.29, 0.717) is 5.92 Å². The Morgan fingerprint density at radius 3 is 2.24 bits per heavy atom. The zero-order chi connectivity index (χ0) is 15.1. The Kier molecular flexibility index (Phi) is 6.62. The second-order valence-electron chi connectivity index (χ2n) is 6.27. The molecule has 1 aliphatic carbocycles. The molecule has 3 heteroatoms. The van der Waals surface area contributed by atoms with E-state index in [0.717, 1.165) is 31.1 Å². The fourth-order valence-corrected chi connectivity index (χ4v) is 3.49. The van der Waals surface area contributed by atoms with Gasteiger partial charge in [-0.1, -0.05) is 32.6 Å². The van der Waals surface area contributed by atoms with Crippen LogP contribution >= 0.6 is 0 Å². The van der Waals surface area contributed by atoms with E-state index in [1.54, 1.807) is 0 Å². The largest absolute Gasteiger partial charge is 0.316 e. The molecule has 1 N–H and O–H groups in total. The number of benzene rings is 1. The van der Waals surface area contributed by atoms with Gasteiger partial charge in [-0.05, 0) is 55.3 Å². The van der Waals surface area contributed by atoms with Crippen molar-refractivity contribution in [2.24, 2.45) is 5.92 Å². The van der Waals surface area contributed by atoms with Crippen LogP contribution in [-0.4, -0.2) is 13.1 Å². The lowest BCUT2D eigenvalue weighted by Gasteiger charge is -2.27. The molecule has 0 heterocycles. The van der Waals surface area contributed by atoms with E-state index in [2.05, 4.69) is 12.2 Å². The first-order valence-electron chi connectivity index (χ1n) is 8.37. The molecule has 0 aromatic heterocycles. The minimum absolute atomic E-state index is 0.222. The van der Waals surface area contributed by atoms with Gasteiger partial charge in [0.2, 0.25) is 0 Å². The summed E-state index contributed by atoms with van der Waals surface area (Å²) in [6, 6.07) is 4.01. The molecule has 1 atom stereocenters. The maximum absolute atomic E-state index is 13.6. The smallest absolute Gasteiger partial charge is 0.126 e.